The fourth-order valence-corrected chi connectivity index (χ4v) is 3.43. The van der Waals surface area contributed by atoms with E-state index in [1.807, 2.05) is 13.0 Å². The Morgan fingerprint density at radius 1 is 1.00 bits per heavy atom. The third kappa shape index (κ3) is 4.10. The van der Waals surface area contributed by atoms with Crippen molar-refractivity contribution in [2.75, 3.05) is 12.3 Å². The van der Waals surface area contributed by atoms with Gasteiger partial charge in [-0.25, -0.2) is 9.18 Å². The second kappa shape index (κ2) is 8.52. The number of nitrogens with two attached hydrogens (primary N) is 1. The smallest absolute Gasteiger partial charge is 0.342 e. The number of benzene rings is 3. The number of halogens is 1. The van der Waals surface area contributed by atoms with E-state index >= 15 is 0 Å². The molecule has 4 rings (SSSR count). The number of aryl methyl sites for hydroxylation is 1. The number of furan rings is 1. The van der Waals surface area contributed by atoms with Gasteiger partial charge in [0.15, 0.2) is 0 Å². The molecule has 0 spiro atoms. The summed E-state index contributed by atoms with van der Waals surface area (Å²) in [5.41, 5.74) is 9.27. The van der Waals surface area contributed by atoms with Gasteiger partial charge in [-0.15, -0.1) is 0 Å². The lowest BCUT2D eigenvalue weighted by Crippen LogP contribution is -2.05. The van der Waals surface area contributed by atoms with Crippen LogP contribution in [0.2, 0.25) is 0 Å². The quantitative estimate of drug-likeness (QED) is 0.291. The number of hydrogen-bond donors (Lipinski definition) is 1. The Balaban J connectivity index is 1.74. The Morgan fingerprint density at radius 3 is 2.26 bits per heavy atom. The Kier molecular flexibility index (Phi) is 5.62. The largest absolute Gasteiger partial charge is 0.462 e. The molecule has 1 heterocycles. The van der Waals surface area contributed by atoms with Gasteiger partial charge in [-0.05, 0) is 73.5 Å². The van der Waals surface area contributed by atoms with Crippen LogP contribution in [-0.2, 0) is 11.2 Å². The monoisotopic (exact) mass is 419 g/mol. The highest BCUT2D eigenvalue weighted by molar-refractivity contribution is 6.09. The lowest BCUT2D eigenvalue weighted by atomic mass is 10.0. The number of carbonyl (C=O) groups is 1. The molecule has 3 aromatic carbocycles. The van der Waals surface area contributed by atoms with Gasteiger partial charge in [0.25, 0.3) is 0 Å². The Morgan fingerprint density at radius 2 is 1.65 bits per heavy atom. The van der Waals surface area contributed by atoms with Crippen LogP contribution in [0.15, 0.2) is 65.1 Å². The minimum atomic E-state index is -0.449. The second-order valence-electron chi connectivity index (χ2n) is 7.01. The normalized spacial score (nSPS) is 10.9. The summed E-state index contributed by atoms with van der Waals surface area (Å²) >= 11 is 0. The molecule has 2 N–H and O–H groups in total. The van der Waals surface area contributed by atoms with E-state index in [-0.39, 0.29) is 12.4 Å². The van der Waals surface area contributed by atoms with E-state index in [9.17, 15) is 9.18 Å². The van der Waals surface area contributed by atoms with Crippen molar-refractivity contribution in [3.8, 4) is 22.8 Å². The van der Waals surface area contributed by atoms with Gasteiger partial charge in [-0.2, -0.15) is 0 Å². The van der Waals surface area contributed by atoms with Crippen LogP contribution in [0.5, 0.6) is 11.5 Å². The maximum absolute atomic E-state index is 13.1. The van der Waals surface area contributed by atoms with Crippen LogP contribution in [0.4, 0.5) is 10.1 Å². The molecule has 0 bridgehead atoms. The SMILES string of the molecule is CCOC(=O)c1c(-c2ccc(Oc3ccc(F)cc3)cc2)oc2cc(N)c(CC)cc12. The summed E-state index contributed by atoms with van der Waals surface area (Å²) in [5, 5.41) is 0.672. The molecule has 0 saturated carbocycles. The molecule has 6 heteroatoms. The van der Waals surface area contributed by atoms with Crippen molar-refractivity contribution in [3.63, 3.8) is 0 Å². The molecule has 31 heavy (non-hydrogen) atoms. The van der Waals surface area contributed by atoms with Gasteiger partial charge in [0.2, 0.25) is 0 Å². The molecule has 0 aliphatic rings. The number of carbonyl (C=O) groups excluding carboxylic acids is 1. The van der Waals surface area contributed by atoms with Crippen LogP contribution in [0, 0.1) is 5.82 Å². The number of hydrogen-bond acceptors (Lipinski definition) is 5. The van der Waals surface area contributed by atoms with Gasteiger partial charge in [0, 0.05) is 22.7 Å². The van der Waals surface area contributed by atoms with Crippen molar-refractivity contribution in [3.05, 3.63) is 77.6 Å². The van der Waals surface area contributed by atoms with E-state index in [0.717, 1.165) is 12.0 Å². The average molecular weight is 419 g/mol. The molecule has 0 unspecified atom stereocenters. The molecule has 0 saturated heterocycles. The zero-order chi connectivity index (χ0) is 22.0. The standard InChI is InChI=1S/C25H22FNO4/c1-3-15-13-20-22(14-21(15)27)31-24(23(20)25(28)29-4-2)16-5-9-18(10-6-16)30-19-11-7-17(26)8-12-19/h5-14H,3-4,27H2,1-2H3. The van der Waals surface area contributed by atoms with E-state index in [1.165, 1.54) is 12.1 Å². The van der Waals surface area contributed by atoms with Crippen molar-refractivity contribution in [1.82, 2.24) is 0 Å². The van der Waals surface area contributed by atoms with Crippen LogP contribution in [0.25, 0.3) is 22.3 Å². The lowest BCUT2D eigenvalue weighted by molar-refractivity contribution is 0.0528. The van der Waals surface area contributed by atoms with Crippen molar-refractivity contribution >= 4 is 22.6 Å². The van der Waals surface area contributed by atoms with Crippen molar-refractivity contribution in [2.45, 2.75) is 20.3 Å². The minimum absolute atomic E-state index is 0.255. The predicted molar refractivity (Wildman–Crippen MR) is 118 cm³/mol. The highest BCUT2D eigenvalue weighted by Gasteiger charge is 2.24. The predicted octanol–water partition coefficient (Wildman–Crippen LogP) is 6.35. The summed E-state index contributed by atoms with van der Waals surface area (Å²) in [7, 11) is 0. The summed E-state index contributed by atoms with van der Waals surface area (Å²) in [6, 6.07) is 16.5. The Hall–Kier alpha value is -3.80. The summed E-state index contributed by atoms with van der Waals surface area (Å²) in [6.45, 7) is 4.02. The molecule has 0 aliphatic carbocycles. The number of esters is 1. The van der Waals surface area contributed by atoms with Crippen LogP contribution in [-0.4, -0.2) is 12.6 Å². The van der Waals surface area contributed by atoms with Gasteiger partial charge >= 0.3 is 5.97 Å². The van der Waals surface area contributed by atoms with Gasteiger partial charge in [0.05, 0.1) is 6.61 Å². The molecular weight excluding hydrogens is 397 g/mol. The third-order valence-electron chi connectivity index (χ3n) is 4.98. The van der Waals surface area contributed by atoms with Crippen molar-refractivity contribution < 1.29 is 23.1 Å². The number of ether oxygens (including phenoxy) is 2. The topological polar surface area (TPSA) is 74.7 Å². The van der Waals surface area contributed by atoms with Gasteiger partial charge in [-0.3, -0.25) is 0 Å². The van der Waals surface area contributed by atoms with Crippen LogP contribution in [0.3, 0.4) is 0 Å². The lowest BCUT2D eigenvalue weighted by Gasteiger charge is -2.07. The van der Waals surface area contributed by atoms with Gasteiger partial charge in [0.1, 0.15) is 34.2 Å². The Bertz CT molecular complexity index is 1230. The molecular formula is C25H22FNO4. The first-order chi connectivity index (χ1) is 15.0. The molecule has 5 nitrogen and oxygen atoms in total. The Labute approximate surface area is 179 Å². The first kappa shape index (κ1) is 20.5. The fraction of sp³-hybridized carbons (Fsp3) is 0.160. The van der Waals surface area contributed by atoms with E-state index in [1.54, 1.807) is 49.4 Å². The number of rotatable bonds is 6. The second-order valence-corrected chi connectivity index (χ2v) is 7.01. The maximum atomic E-state index is 13.1. The third-order valence-corrected chi connectivity index (χ3v) is 4.98. The summed E-state index contributed by atoms with van der Waals surface area (Å²) in [5.74, 6) is 0.726. The highest BCUT2D eigenvalue weighted by atomic mass is 19.1. The molecule has 0 radical (unpaired) electrons. The molecule has 0 amide bonds. The van der Waals surface area contributed by atoms with E-state index in [2.05, 4.69) is 0 Å². The summed E-state index contributed by atoms with van der Waals surface area (Å²) < 4.78 is 30.1. The average Bonchev–Trinajstić information content (AvgIpc) is 3.13. The van der Waals surface area contributed by atoms with E-state index in [0.29, 0.717) is 45.0 Å². The van der Waals surface area contributed by atoms with Gasteiger partial charge in [-0.1, -0.05) is 6.92 Å². The van der Waals surface area contributed by atoms with Crippen LogP contribution >= 0.6 is 0 Å². The maximum Gasteiger partial charge on any atom is 0.342 e. The first-order valence-electron chi connectivity index (χ1n) is 10.1. The van der Waals surface area contributed by atoms with Gasteiger partial charge < -0.3 is 19.6 Å². The van der Waals surface area contributed by atoms with Crippen LogP contribution < -0.4 is 10.5 Å². The van der Waals surface area contributed by atoms with E-state index in [4.69, 9.17) is 19.6 Å². The number of nitrogen functional groups attached to an aromatic ring is 1. The fourth-order valence-electron chi connectivity index (χ4n) is 3.43. The zero-order valence-electron chi connectivity index (χ0n) is 17.3. The molecule has 4 aromatic rings. The molecule has 0 fully saturated rings. The number of anilines is 1. The molecule has 1 aromatic heterocycles. The number of fused-ring (bicyclic) bond motifs is 1. The van der Waals surface area contributed by atoms with Crippen LogP contribution in [0.1, 0.15) is 29.8 Å². The molecule has 0 atom stereocenters. The van der Waals surface area contributed by atoms with Crippen molar-refractivity contribution in [1.29, 1.82) is 0 Å². The van der Waals surface area contributed by atoms with E-state index < -0.39 is 5.97 Å². The summed E-state index contributed by atoms with van der Waals surface area (Å²) in [4.78, 5) is 12.8. The van der Waals surface area contributed by atoms with Crippen molar-refractivity contribution in [2.24, 2.45) is 0 Å². The molecule has 0 aliphatic heterocycles. The highest BCUT2D eigenvalue weighted by Crippen LogP contribution is 2.37. The zero-order valence-corrected chi connectivity index (χ0v) is 17.3. The molecule has 158 valence electrons. The first-order valence-corrected chi connectivity index (χ1v) is 10.1. The minimum Gasteiger partial charge on any atom is -0.462 e. The summed E-state index contributed by atoms with van der Waals surface area (Å²) in [6.07, 6.45) is 0.736.